The lowest BCUT2D eigenvalue weighted by atomic mass is 10.2. The highest BCUT2D eigenvalue weighted by molar-refractivity contribution is 9.09. The molecule has 0 aliphatic carbocycles. The summed E-state index contributed by atoms with van der Waals surface area (Å²) in [6.07, 6.45) is -1.31. The molecule has 0 spiro atoms. The molecular formula is C4H8BrNO3. The van der Waals surface area contributed by atoms with E-state index in [1.165, 1.54) is 0 Å². The lowest BCUT2D eigenvalue weighted by Crippen LogP contribution is -2.37. The summed E-state index contributed by atoms with van der Waals surface area (Å²) in [6, 6.07) is 0. The van der Waals surface area contributed by atoms with Crippen molar-refractivity contribution in [2.75, 3.05) is 6.61 Å². The molecular weight excluding hydrogens is 190 g/mol. The number of carbonyl (C=O) groups excluding carboxylic acids is 1. The van der Waals surface area contributed by atoms with Crippen molar-refractivity contribution in [1.29, 1.82) is 0 Å². The lowest BCUT2D eigenvalue weighted by Gasteiger charge is -2.09. The van der Waals surface area contributed by atoms with Crippen LogP contribution < -0.4 is 5.73 Å². The van der Waals surface area contributed by atoms with E-state index in [0.717, 1.165) is 0 Å². The van der Waals surface area contributed by atoms with Gasteiger partial charge in [-0.1, -0.05) is 15.9 Å². The topological polar surface area (TPSA) is 83.6 Å². The summed E-state index contributed by atoms with van der Waals surface area (Å²) in [4.78, 5) is 9.47. The zero-order valence-electron chi connectivity index (χ0n) is 4.62. The highest BCUT2D eigenvalue weighted by Crippen LogP contribution is 2.03. The van der Waals surface area contributed by atoms with Crippen LogP contribution in [-0.2, 0) is 4.79 Å². The standard InChI is InChI=1S/C4H8BrNO3/c5-2(1-7)3(8)4(6)9/h2-3,7-8H,1H2,(H2,6,9)/t2-,3-/m1/s1. The monoisotopic (exact) mass is 197 g/mol. The van der Waals surface area contributed by atoms with Crippen molar-refractivity contribution in [1.82, 2.24) is 0 Å². The highest BCUT2D eigenvalue weighted by atomic mass is 79.9. The second kappa shape index (κ2) is 3.81. The van der Waals surface area contributed by atoms with Crippen LogP contribution >= 0.6 is 15.9 Å². The van der Waals surface area contributed by atoms with E-state index in [-0.39, 0.29) is 6.61 Å². The number of primary amides is 1. The maximum absolute atomic E-state index is 10.1. The Balaban J connectivity index is 3.72. The smallest absolute Gasteiger partial charge is 0.247 e. The number of amides is 1. The van der Waals surface area contributed by atoms with E-state index < -0.39 is 16.8 Å². The number of halogens is 1. The molecule has 54 valence electrons. The molecule has 1 amide bonds. The molecule has 0 saturated heterocycles. The summed E-state index contributed by atoms with van der Waals surface area (Å²) < 4.78 is 0. The molecule has 2 atom stereocenters. The van der Waals surface area contributed by atoms with E-state index in [4.69, 9.17) is 10.2 Å². The van der Waals surface area contributed by atoms with Gasteiger partial charge in [0, 0.05) is 0 Å². The van der Waals surface area contributed by atoms with Crippen molar-refractivity contribution < 1.29 is 15.0 Å². The molecule has 0 fully saturated rings. The minimum atomic E-state index is -1.31. The molecule has 0 aliphatic rings. The first-order chi connectivity index (χ1) is 4.09. The van der Waals surface area contributed by atoms with Crippen LogP contribution in [0.3, 0.4) is 0 Å². The van der Waals surface area contributed by atoms with Gasteiger partial charge >= 0.3 is 0 Å². The molecule has 4 nitrogen and oxygen atoms in total. The van der Waals surface area contributed by atoms with Crippen molar-refractivity contribution in [3.05, 3.63) is 0 Å². The van der Waals surface area contributed by atoms with Crippen LogP contribution in [0, 0.1) is 0 Å². The SMILES string of the molecule is NC(=O)[C@H](O)[C@H](Br)CO. The number of alkyl halides is 1. The van der Waals surface area contributed by atoms with Gasteiger partial charge in [0.15, 0.2) is 0 Å². The Bertz CT molecular complexity index is 108. The van der Waals surface area contributed by atoms with Gasteiger partial charge in [-0.05, 0) is 0 Å². The molecule has 0 aromatic carbocycles. The van der Waals surface area contributed by atoms with Crippen LogP contribution in [0.1, 0.15) is 0 Å². The molecule has 9 heavy (non-hydrogen) atoms. The zero-order valence-corrected chi connectivity index (χ0v) is 6.21. The van der Waals surface area contributed by atoms with Gasteiger partial charge in [-0.25, -0.2) is 0 Å². The third kappa shape index (κ3) is 2.78. The Hall–Kier alpha value is -0.130. The van der Waals surface area contributed by atoms with Crippen LogP contribution in [-0.4, -0.2) is 33.7 Å². The van der Waals surface area contributed by atoms with E-state index in [1.807, 2.05) is 0 Å². The Kier molecular flexibility index (Phi) is 3.76. The first kappa shape index (κ1) is 8.87. The van der Waals surface area contributed by atoms with Gasteiger partial charge in [0.25, 0.3) is 0 Å². The molecule has 0 heterocycles. The maximum Gasteiger partial charge on any atom is 0.247 e. The molecule has 0 rings (SSSR count). The number of aliphatic hydroxyl groups is 2. The summed E-state index contributed by atoms with van der Waals surface area (Å²) in [5.74, 6) is -0.842. The molecule has 0 radical (unpaired) electrons. The predicted octanol–water partition coefficient (Wildman–Crippen LogP) is -1.41. The second-order valence-corrected chi connectivity index (χ2v) is 2.72. The van der Waals surface area contributed by atoms with Crippen LogP contribution in [0.2, 0.25) is 0 Å². The second-order valence-electron chi connectivity index (χ2n) is 1.55. The van der Waals surface area contributed by atoms with E-state index in [2.05, 4.69) is 21.7 Å². The van der Waals surface area contributed by atoms with E-state index in [9.17, 15) is 4.79 Å². The predicted molar refractivity (Wildman–Crippen MR) is 35.0 cm³/mol. The van der Waals surface area contributed by atoms with Crippen LogP contribution in [0.5, 0.6) is 0 Å². The van der Waals surface area contributed by atoms with E-state index in [0.29, 0.717) is 0 Å². The van der Waals surface area contributed by atoms with Crippen LogP contribution in [0.25, 0.3) is 0 Å². The summed E-state index contributed by atoms with van der Waals surface area (Å²) in [5.41, 5.74) is 4.68. The fraction of sp³-hybridized carbons (Fsp3) is 0.750. The van der Waals surface area contributed by atoms with Crippen LogP contribution in [0.4, 0.5) is 0 Å². The van der Waals surface area contributed by atoms with Gasteiger partial charge in [0.2, 0.25) is 5.91 Å². The van der Waals surface area contributed by atoms with Gasteiger partial charge in [0.1, 0.15) is 6.10 Å². The normalized spacial score (nSPS) is 16.8. The Morgan fingerprint density at radius 2 is 2.22 bits per heavy atom. The van der Waals surface area contributed by atoms with Crippen LogP contribution in [0.15, 0.2) is 0 Å². The van der Waals surface area contributed by atoms with Gasteiger partial charge in [-0.3, -0.25) is 4.79 Å². The summed E-state index contributed by atoms with van der Waals surface area (Å²) in [7, 11) is 0. The number of carbonyl (C=O) groups is 1. The lowest BCUT2D eigenvalue weighted by molar-refractivity contribution is -0.126. The molecule has 0 aliphatic heterocycles. The highest BCUT2D eigenvalue weighted by Gasteiger charge is 2.19. The van der Waals surface area contributed by atoms with Crippen molar-refractivity contribution in [3.8, 4) is 0 Å². The van der Waals surface area contributed by atoms with E-state index in [1.54, 1.807) is 0 Å². The molecule has 0 bridgehead atoms. The third-order valence-corrected chi connectivity index (χ3v) is 1.60. The first-order valence-corrected chi connectivity index (χ1v) is 3.23. The Labute approximate surface area is 60.8 Å². The van der Waals surface area contributed by atoms with Gasteiger partial charge < -0.3 is 15.9 Å². The average Bonchev–Trinajstić information content (AvgIpc) is 1.84. The molecule has 0 aromatic heterocycles. The quantitative estimate of drug-likeness (QED) is 0.487. The van der Waals surface area contributed by atoms with Crippen molar-refractivity contribution in [2.24, 2.45) is 5.73 Å². The van der Waals surface area contributed by atoms with E-state index >= 15 is 0 Å². The number of rotatable bonds is 3. The fourth-order valence-corrected chi connectivity index (χ4v) is 0.539. The van der Waals surface area contributed by atoms with Gasteiger partial charge in [-0.2, -0.15) is 0 Å². The summed E-state index contributed by atoms with van der Waals surface area (Å²) in [6.45, 7) is -0.315. The zero-order chi connectivity index (χ0) is 7.44. The van der Waals surface area contributed by atoms with Gasteiger partial charge in [0.05, 0.1) is 11.4 Å². The Morgan fingerprint density at radius 3 is 2.33 bits per heavy atom. The van der Waals surface area contributed by atoms with Crippen molar-refractivity contribution >= 4 is 21.8 Å². The first-order valence-electron chi connectivity index (χ1n) is 2.32. The van der Waals surface area contributed by atoms with Crippen molar-refractivity contribution in [3.63, 3.8) is 0 Å². The van der Waals surface area contributed by atoms with Gasteiger partial charge in [-0.15, -0.1) is 0 Å². The molecule has 0 unspecified atom stereocenters. The largest absolute Gasteiger partial charge is 0.395 e. The third-order valence-electron chi connectivity index (χ3n) is 0.809. The average molecular weight is 198 g/mol. The molecule has 0 aromatic rings. The number of hydrogen-bond acceptors (Lipinski definition) is 3. The Morgan fingerprint density at radius 1 is 1.78 bits per heavy atom. The number of aliphatic hydroxyl groups excluding tert-OH is 2. The minimum absolute atomic E-state index is 0.315. The number of nitrogens with two attached hydrogens (primary N) is 1. The molecule has 0 saturated carbocycles. The summed E-state index contributed by atoms with van der Waals surface area (Å²) in [5, 5.41) is 17.1. The maximum atomic E-state index is 10.1. The number of hydrogen-bond donors (Lipinski definition) is 3. The fourth-order valence-electron chi connectivity index (χ4n) is 0.278. The molecule has 4 N–H and O–H groups in total. The van der Waals surface area contributed by atoms with Crippen molar-refractivity contribution in [2.45, 2.75) is 10.9 Å². The molecule has 5 heteroatoms. The minimum Gasteiger partial charge on any atom is -0.395 e. The summed E-state index contributed by atoms with van der Waals surface area (Å²) >= 11 is 2.84.